The van der Waals surface area contributed by atoms with Crippen molar-refractivity contribution >= 4 is 5.57 Å². The van der Waals surface area contributed by atoms with E-state index in [0.717, 1.165) is 30.8 Å². The van der Waals surface area contributed by atoms with Gasteiger partial charge >= 0.3 is 0 Å². The smallest absolute Gasteiger partial charge is 0.166 e. The Kier molecular flexibility index (Phi) is 4.62. The van der Waals surface area contributed by atoms with E-state index in [1.165, 1.54) is 25.7 Å². The van der Waals surface area contributed by atoms with E-state index >= 15 is 0 Å². The zero-order valence-corrected chi connectivity index (χ0v) is 14.6. The molecule has 1 aromatic rings. The highest BCUT2D eigenvalue weighted by Gasteiger charge is 2.37. The van der Waals surface area contributed by atoms with E-state index in [1.807, 2.05) is 0 Å². The average Bonchev–Trinajstić information content (AvgIpc) is 2.56. The van der Waals surface area contributed by atoms with Gasteiger partial charge in [0, 0.05) is 5.56 Å². The molecule has 2 aliphatic rings. The molecule has 3 rings (SSSR count). The van der Waals surface area contributed by atoms with Crippen molar-refractivity contribution in [3.05, 3.63) is 41.0 Å². The van der Waals surface area contributed by atoms with Gasteiger partial charge in [-0.05, 0) is 67.4 Å². The summed E-state index contributed by atoms with van der Waals surface area (Å²) in [6.45, 7) is 6.40. The second-order valence-electron chi connectivity index (χ2n) is 8.10. The van der Waals surface area contributed by atoms with Crippen LogP contribution in [0, 0.1) is 35.8 Å². The van der Waals surface area contributed by atoms with Crippen molar-refractivity contribution in [2.75, 3.05) is 0 Å². The Morgan fingerprint density at radius 1 is 1.04 bits per heavy atom. The highest BCUT2D eigenvalue weighted by atomic mass is 19.2. The quantitative estimate of drug-likeness (QED) is 0.571. The lowest BCUT2D eigenvalue weighted by atomic mass is 9.61. The van der Waals surface area contributed by atoms with Gasteiger partial charge in [0.25, 0.3) is 0 Å². The molecule has 1 unspecified atom stereocenters. The molecule has 2 heteroatoms. The van der Waals surface area contributed by atoms with Crippen LogP contribution >= 0.6 is 0 Å². The van der Waals surface area contributed by atoms with E-state index in [9.17, 15) is 8.78 Å². The summed E-state index contributed by atoms with van der Waals surface area (Å²) in [5.74, 6) is 0.186. The molecule has 0 radical (unpaired) electrons. The molecule has 1 aromatic carbocycles. The molecular formula is C21H28F2. The average molecular weight is 318 g/mol. The molecule has 0 heterocycles. The van der Waals surface area contributed by atoms with E-state index < -0.39 is 11.6 Å². The van der Waals surface area contributed by atoms with Crippen molar-refractivity contribution in [3.63, 3.8) is 0 Å². The fourth-order valence-electron chi connectivity index (χ4n) is 4.44. The Labute approximate surface area is 139 Å². The van der Waals surface area contributed by atoms with Crippen LogP contribution in [0.5, 0.6) is 0 Å². The molecule has 1 saturated carbocycles. The Morgan fingerprint density at radius 3 is 2.35 bits per heavy atom. The van der Waals surface area contributed by atoms with Crippen LogP contribution in [0.2, 0.25) is 0 Å². The summed E-state index contributed by atoms with van der Waals surface area (Å²) in [4.78, 5) is 0. The van der Waals surface area contributed by atoms with E-state index in [2.05, 4.69) is 19.9 Å². The van der Waals surface area contributed by atoms with E-state index in [1.54, 1.807) is 19.1 Å². The van der Waals surface area contributed by atoms with Crippen LogP contribution in [0.1, 0.15) is 69.9 Å². The number of halogens is 2. The van der Waals surface area contributed by atoms with Gasteiger partial charge in [-0.15, -0.1) is 0 Å². The predicted molar refractivity (Wildman–Crippen MR) is 92.2 cm³/mol. The first kappa shape index (κ1) is 16.7. The summed E-state index contributed by atoms with van der Waals surface area (Å²) in [5, 5.41) is 0. The second kappa shape index (κ2) is 6.37. The molecule has 2 aliphatic carbocycles. The molecule has 0 saturated heterocycles. The van der Waals surface area contributed by atoms with Crippen LogP contribution in [-0.4, -0.2) is 0 Å². The molecule has 1 fully saturated rings. The van der Waals surface area contributed by atoms with Gasteiger partial charge in [-0.25, -0.2) is 8.78 Å². The van der Waals surface area contributed by atoms with Crippen LogP contribution in [-0.2, 0) is 0 Å². The predicted octanol–water partition coefficient (Wildman–Crippen LogP) is 6.67. The Morgan fingerprint density at radius 2 is 1.74 bits per heavy atom. The maximum Gasteiger partial charge on any atom is 0.166 e. The van der Waals surface area contributed by atoms with Crippen molar-refractivity contribution in [2.45, 2.75) is 65.7 Å². The molecule has 0 nitrogen and oxygen atoms in total. The fraction of sp³-hybridized carbons (Fsp3) is 0.619. The summed E-state index contributed by atoms with van der Waals surface area (Å²) in [6, 6.07) is 3.43. The van der Waals surface area contributed by atoms with Gasteiger partial charge in [-0.2, -0.15) is 0 Å². The second-order valence-corrected chi connectivity index (χ2v) is 8.10. The molecule has 0 bridgehead atoms. The van der Waals surface area contributed by atoms with Crippen LogP contribution < -0.4 is 0 Å². The van der Waals surface area contributed by atoms with Crippen molar-refractivity contribution in [2.24, 2.45) is 17.3 Å². The Bertz CT molecular complexity index is 607. The number of hydrogen-bond donors (Lipinski definition) is 0. The van der Waals surface area contributed by atoms with Gasteiger partial charge in [-0.3, -0.25) is 0 Å². The molecular weight excluding hydrogens is 290 g/mol. The minimum atomic E-state index is -0.696. The lowest BCUT2D eigenvalue weighted by Gasteiger charge is -2.44. The fourth-order valence-corrected chi connectivity index (χ4v) is 4.44. The molecule has 0 spiro atoms. The third-order valence-electron chi connectivity index (χ3n) is 6.43. The number of rotatable bonds is 2. The van der Waals surface area contributed by atoms with Gasteiger partial charge in [0.1, 0.15) is 0 Å². The van der Waals surface area contributed by atoms with Crippen molar-refractivity contribution in [1.82, 2.24) is 0 Å². The van der Waals surface area contributed by atoms with Gasteiger partial charge < -0.3 is 0 Å². The maximum absolute atomic E-state index is 14.2. The summed E-state index contributed by atoms with van der Waals surface area (Å²) in [5.41, 5.74) is 2.27. The largest absolute Gasteiger partial charge is 0.203 e. The van der Waals surface area contributed by atoms with E-state index in [-0.39, 0.29) is 0 Å². The van der Waals surface area contributed by atoms with E-state index in [0.29, 0.717) is 22.5 Å². The minimum absolute atomic E-state index is 0.379. The summed E-state index contributed by atoms with van der Waals surface area (Å²) >= 11 is 0. The van der Waals surface area contributed by atoms with Gasteiger partial charge in [0.15, 0.2) is 11.6 Å². The van der Waals surface area contributed by atoms with Gasteiger partial charge in [0.2, 0.25) is 0 Å². The van der Waals surface area contributed by atoms with Crippen molar-refractivity contribution in [3.8, 4) is 0 Å². The highest BCUT2D eigenvalue weighted by molar-refractivity contribution is 5.67. The van der Waals surface area contributed by atoms with Gasteiger partial charge in [0.05, 0.1) is 0 Å². The lowest BCUT2D eigenvalue weighted by molar-refractivity contribution is 0.0906. The number of hydrogen-bond acceptors (Lipinski definition) is 0. The summed E-state index contributed by atoms with van der Waals surface area (Å²) in [7, 11) is 0. The van der Waals surface area contributed by atoms with Crippen LogP contribution in [0.4, 0.5) is 8.78 Å². The topological polar surface area (TPSA) is 0 Å². The molecule has 0 aliphatic heterocycles. The van der Waals surface area contributed by atoms with E-state index in [4.69, 9.17) is 0 Å². The number of allylic oxidation sites excluding steroid dienone is 2. The molecule has 0 aromatic heterocycles. The van der Waals surface area contributed by atoms with Gasteiger partial charge in [-0.1, -0.05) is 44.9 Å². The summed E-state index contributed by atoms with van der Waals surface area (Å²) in [6.07, 6.45) is 10.5. The Balaban J connectivity index is 1.75. The molecule has 0 amide bonds. The SMILES string of the molecule is Cc1ccc(C2=CCC(C3(C)CCC(C)CC3)CC2)c(F)c1F. The number of aryl methyl sites for hydroxylation is 1. The first-order valence-electron chi connectivity index (χ1n) is 9.05. The first-order valence-corrected chi connectivity index (χ1v) is 9.05. The zero-order chi connectivity index (χ0) is 16.6. The Hall–Kier alpha value is -1.18. The molecule has 126 valence electrons. The lowest BCUT2D eigenvalue weighted by Crippen LogP contribution is -2.32. The maximum atomic E-state index is 14.2. The molecule has 23 heavy (non-hydrogen) atoms. The normalized spacial score (nSPS) is 31.8. The highest BCUT2D eigenvalue weighted by Crippen LogP contribution is 2.49. The first-order chi connectivity index (χ1) is 10.9. The van der Waals surface area contributed by atoms with Crippen LogP contribution in [0.3, 0.4) is 0 Å². The minimum Gasteiger partial charge on any atom is -0.203 e. The van der Waals surface area contributed by atoms with Crippen molar-refractivity contribution in [1.29, 1.82) is 0 Å². The number of benzene rings is 1. The van der Waals surface area contributed by atoms with Crippen molar-refractivity contribution < 1.29 is 8.78 Å². The third-order valence-corrected chi connectivity index (χ3v) is 6.43. The third kappa shape index (κ3) is 3.22. The molecule has 1 atom stereocenters. The van der Waals surface area contributed by atoms with Crippen LogP contribution in [0.25, 0.3) is 5.57 Å². The standard InChI is InChI=1S/C21H28F2/c1-14-10-12-21(3,13-11-14)17-7-5-16(6-8-17)18-9-4-15(2)19(22)20(18)23/h4-5,9,14,17H,6-8,10-13H2,1-3H3. The zero-order valence-electron chi connectivity index (χ0n) is 14.6. The summed E-state index contributed by atoms with van der Waals surface area (Å²) < 4.78 is 28.0. The van der Waals surface area contributed by atoms with Crippen LogP contribution in [0.15, 0.2) is 18.2 Å². The monoisotopic (exact) mass is 318 g/mol. The molecule has 0 N–H and O–H groups in total.